The van der Waals surface area contributed by atoms with Crippen LogP contribution in [-0.4, -0.2) is 50.6 Å². The number of urea groups is 1. The highest BCUT2D eigenvalue weighted by Crippen LogP contribution is 2.17. The second kappa shape index (κ2) is 6.53. The van der Waals surface area contributed by atoms with E-state index in [0.29, 0.717) is 23.7 Å². The average Bonchev–Trinajstić information content (AvgIpc) is 2.72. The summed E-state index contributed by atoms with van der Waals surface area (Å²) in [6.45, 7) is 8.75. The van der Waals surface area contributed by atoms with Gasteiger partial charge in [-0.2, -0.15) is 0 Å². The second-order valence-corrected chi connectivity index (χ2v) is 4.69. The number of hydrogen-bond donors (Lipinski definition) is 3. The number of anilines is 1. The lowest BCUT2D eigenvalue weighted by molar-refractivity contribution is -0.906. The van der Waals surface area contributed by atoms with Gasteiger partial charge < -0.3 is 24.8 Å². The molecule has 1 aliphatic heterocycles. The fraction of sp³-hybridized carbons (Fsp3) is 0.667. The molecule has 0 radical (unpaired) electrons. The predicted molar refractivity (Wildman–Crippen MR) is 69.4 cm³/mol. The third-order valence-corrected chi connectivity index (χ3v) is 3.24. The number of hydrogen-bond acceptors (Lipinski definition) is 4. The molecule has 2 rings (SSSR count). The number of carbonyl (C=O) groups excluding carboxylic acids is 1. The molecular weight excluding hydrogens is 248 g/mol. The lowest BCUT2D eigenvalue weighted by Crippen LogP contribution is -3.14. The summed E-state index contributed by atoms with van der Waals surface area (Å²) in [4.78, 5) is 13.2. The standard InChI is InChI=1S/C12H20N4O3/c1-9-11(10(2)19-15-9)14-12(17)13-3-4-16-5-7-18-8-6-16/h3-8H2,1-2H3,(H2,13,14,17)/p+1. The molecule has 7 nitrogen and oxygen atoms in total. The minimum Gasteiger partial charge on any atom is -0.370 e. The first-order valence-corrected chi connectivity index (χ1v) is 6.56. The Kier molecular flexibility index (Phi) is 4.75. The maximum absolute atomic E-state index is 11.7. The Bertz CT molecular complexity index is 407. The van der Waals surface area contributed by atoms with E-state index in [-0.39, 0.29) is 6.03 Å². The molecule has 1 saturated heterocycles. The summed E-state index contributed by atoms with van der Waals surface area (Å²) in [5.74, 6) is 0.617. The Balaban J connectivity index is 1.70. The smallest absolute Gasteiger partial charge is 0.319 e. The van der Waals surface area contributed by atoms with E-state index in [1.807, 2.05) is 0 Å². The van der Waals surface area contributed by atoms with Crippen molar-refractivity contribution in [1.29, 1.82) is 0 Å². The minimum atomic E-state index is -0.220. The Labute approximate surface area is 112 Å². The van der Waals surface area contributed by atoms with Gasteiger partial charge in [0.25, 0.3) is 0 Å². The lowest BCUT2D eigenvalue weighted by Gasteiger charge is -2.23. The monoisotopic (exact) mass is 269 g/mol. The summed E-state index contributed by atoms with van der Waals surface area (Å²) in [5.41, 5.74) is 1.34. The number of aryl methyl sites for hydroxylation is 2. The fourth-order valence-corrected chi connectivity index (χ4v) is 2.08. The van der Waals surface area contributed by atoms with Gasteiger partial charge in [0.1, 0.15) is 24.5 Å². The number of quaternary nitrogens is 1. The van der Waals surface area contributed by atoms with E-state index in [0.717, 1.165) is 32.8 Å². The van der Waals surface area contributed by atoms with Gasteiger partial charge in [0.15, 0.2) is 5.76 Å². The number of ether oxygens (including phenoxy) is 1. The van der Waals surface area contributed by atoms with Crippen molar-refractivity contribution in [3.63, 3.8) is 0 Å². The van der Waals surface area contributed by atoms with Gasteiger partial charge in [-0.15, -0.1) is 0 Å². The van der Waals surface area contributed by atoms with Crippen LogP contribution in [0.2, 0.25) is 0 Å². The Morgan fingerprint density at radius 1 is 1.37 bits per heavy atom. The van der Waals surface area contributed by atoms with Crippen molar-refractivity contribution in [3.05, 3.63) is 11.5 Å². The number of carbonyl (C=O) groups is 1. The summed E-state index contributed by atoms with van der Waals surface area (Å²) < 4.78 is 10.3. The van der Waals surface area contributed by atoms with Crippen molar-refractivity contribution in [1.82, 2.24) is 10.5 Å². The van der Waals surface area contributed by atoms with Gasteiger partial charge in [-0.05, 0) is 13.8 Å². The Morgan fingerprint density at radius 2 is 2.11 bits per heavy atom. The number of morpholine rings is 1. The van der Waals surface area contributed by atoms with Gasteiger partial charge >= 0.3 is 6.03 Å². The van der Waals surface area contributed by atoms with Crippen LogP contribution in [0.15, 0.2) is 4.52 Å². The zero-order chi connectivity index (χ0) is 13.7. The molecule has 0 unspecified atom stereocenters. The van der Waals surface area contributed by atoms with Crippen molar-refractivity contribution < 1.29 is 19.0 Å². The van der Waals surface area contributed by atoms with Crippen LogP contribution in [0.25, 0.3) is 0 Å². The molecule has 1 aromatic heterocycles. The SMILES string of the molecule is Cc1noc(C)c1NC(=O)NCC[NH+]1CCOCC1. The maximum atomic E-state index is 11.7. The third-order valence-electron chi connectivity index (χ3n) is 3.24. The van der Waals surface area contributed by atoms with Crippen LogP contribution >= 0.6 is 0 Å². The van der Waals surface area contributed by atoms with E-state index in [1.54, 1.807) is 13.8 Å². The highest BCUT2D eigenvalue weighted by Gasteiger charge is 2.15. The molecule has 0 spiro atoms. The van der Waals surface area contributed by atoms with Crippen LogP contribution in [-0.2, 0) is 4.74 Å². The number of rotatable bonds is 4. The molecule has 1 aliphatic rings. The van der Waals surface area contributed by atoms with E-state index in [1.165, 1.54) is 4.90 Å². The number of aromatic nitrogens is 1. The van der Waals surface area contributed by atoms with Crippen LogP contribution in [0.3, 0.4) is 0 Å². The first kappa shape index (κ1) is 13.8. The number of nitrogens with zero attached hydrogens (tertiary/aromatic N) is 1. The van der Waals surface area contributed by atoms with Crippen LogP contribution in [0.5, 0.6) is 0 Å². The van der Waals surface area contributed by atoms with Crippen molar-refractivity contribution in [2.24, 2.45) is 0 Å². The zero-order valence-corrected chi connectivity index (χ0v) is 11.4. The van der Waals surface area contributed by atoms with Crippen molar-refractivity contribution in [2.45, 2.75) is 13.8 Å². The molecule has 1 aromatic rings. The van der Waals surface area contributed by atoms with Crippen molar-refractivity contribution in [2.75, 3.05) is 44.7 Å². The molecular formula is C12H21N4O3+. The maximum Gasteiger partial charge on any atom is 0.319 e. The molecule has 0 saturated carbocycles. The summed E-state index contributed by atoms with van der Waals surface area (Å²) in [6, 6.07) is -0.220. The molecule has 106 valence electrons. The van der Waals surface area contributed by atoms with Crippen molar-refractivity contribution >= 4 is 11.7 Å². The largest absolute Gasteiger partial charge is 0.370 e. The highest BCUT2D eigenvalue weighted by molar-refractivity contribution is 5.90. The summed E-state index contributed by atoms with van der Waals surface area (Å²) >= 11 is 0. The highest BCUT2D eigenvalue weighted by atomic mass is 16.5. The fourth-order valence-electron chi connectivity index (χ4n) is 2.08. The molecule has 0 atom stereocenters. The third kappa shape index (κ3) is 3.93. The van der Waals surface area contributed by atoms with Crippen LogP contribution in [0, 0.1) is 13.8 Å². The van der Waals surface area contributed by atoms with Gasteiger partial charge in [0.2, 0.25) is 0 Å². The van der Waals surface area contributed by atoms with E-state index >= 15 is 0 Å². The summed E-state index contributed by atoms with van der Waals surface area (Å²) in [7, 11) is 0. The summed E-state index contributed by atoms with van der Waals surface area (Å²) in [5, 5.41) is 9.38. The van der Waals surface area contributed by atoms with Gasteiger partial charge in [-0.3, -0.25) is 0 Å². The molecule has 2 heterocycles. The topological polar surface area (TPSA) is 80.8 Å². The second-order valence-electron chi connectivity index (χ2n) is 4.69. The van der Waals surface area contributed by atoms with Crippen molar-refractivity contribution in [3.8, 4) is 0 Å². The van der Waals surface area contributed by atoms with Crippen LogP contribution < -0.4 is 15.5 Å². The Hall–Kier alpha value is -1.60. The molecule has 0 aromatic carbocycles. The molecule has 7 heteroatoms. The van der Waals surface area contributed by atoms with Gasteiger partial charge in [0, 0.05) is 0 Å². The molecule has 2 amide bonds. The Morgan fingerprint density at radius 3 is 2.74 bits per heavy atom. The average molecular weight is 269 g/mol. The lowest BCUT2D eigenvalue weighted by atomic mass is 10.3. The van der Waals surface area contributed by atoms with Crippen LogP contribution in [0.1, 0.15) is 11.5 Å². The quantitative estimate of drug-likeness (QED) is 0.677. The van der Waals surface area contributed by atoms with E-state index in [9.17, 15) is 4.79 Å². The summed E-state index contributed by atoms with van der Waals surface area (Å²) in [6.07, 6.45) is 0. The minimum absolute atomic E-state index is 0.220. The van der Waals surface area contributed by atoms with Gasteiger partial charge in [-0.25, -0.2) is 4.79 Å². The first-order valence-electron chi connectivity index (χ1n) is 6.56. The van der Waals surface area contributed by atoms with Gasteiger partial charge in [-0.1, -0.05) is 5.16 Å². The van der Waals surface area contributed by atoms with Crippen LogP contribution in [0.4, 0.5) is 10.5 Å². The van der Waals surface area contributed by atoms with E-state index in [2.05, 4.69) is 15.8 Å². The molecule has 1 fully saturated rings. The number of nitrogens with one attached hydrogen (secondary N) is 3. The first-order chi connectivity index (χ1) is 9.16. The molecule has 3 N–H and O–H groups in total. The molecule has 0 bridgehead atoms. The normalized spacial score (nSPS) is 16.3. The van der Waals surface area contributed by atoms with E-state index in [4.69, 9.17) is 9.26 Å². The molecule has 19 heavy (non-hydrogen) atoms. The molecule has 0 aliphatic carbocycles. The van der Waals surface area contributed by atoms with Gasteiger partial charge in [0.05, 0.1) is 26.3 Å². The zero-order valence-electron chi connectivity index (χ0n) is 11.4. The van der Waals surface area contributed by atoms with E-state index < -0.39 is 0 Å². The predicted octanol–water partition coefficient (Wildman–Crippen LogP) is -0.672. The number of amides is 2.